The second-order valence-corrected chi connectivity index (χ2v) is 8.52. The SMILES string of the molecule is CC[C@@]1(O)C(=O)OCc2c1cc1n(c2=O)Cc2c-1nc1cc(Cl)c(N)c3c1c2CCO3. The number of cyclic esters (lactones) is 1. The summed E-state index contributed by atoms with van der Waals surface area (Å²) in [6.45, 7) is 2.32. The number of anilines is 1. The first-order chi connectivity index (χ1) is 14.8. The molecule has 0 bridgehead atoms. The van der Waals surface area contributed by atoms with Gasteiger partial charge in [0.15, 0.2) is 11.4 Å². The number of nitrogens with zero attached hydrogens (tertiary/aromatic N) is 2. The van der Waals surface area contributed by atoms with Gasteiger partial charge in [0, 0.05) is 22.9 Å². The smallest absolute Gasteiger partial charge is 0.343 e. The first-order valence-electron chi connectivity index (χ1n) is 10.1. The topological polar surface area (TPSA) is 117 Å². The van der Waals surface area contributed by atoms with Gasteiger partial charge in [-0.1, -0.05) is 18.5 Å². The highest BCUT2D eigenvalue weighted by molar-refractivity contribution is 6.34. The van der Waals surface area contributed by atoms with Crippen LogP contribution in [0.5, 0.6) is 5.75 Å². The summed E-state index contributed by atoms with van der Waals surface area (Å²) in [6.07, 6.45) is 0.749. The van der Waals surface area contributed by atoms with E-state index in [0.29, 0.717) is 64.1 Å². The fraction of sp³-hybridized carbons (Fsp3) is 0.318. The summed E-state index contributed by atoms with van der Waals surface area (Å²) in [5.41, 5.74) is 8.78. The Morgan fingerprint density at radius 2 is 2.06 bits per heavy atom. The predicted octanol–water partition coefficient (Wildman–Crippen LogP) is 2.25. The number of nitrogen functional groups attached to an aromatic ring is 1. The van der Waals surface area contributed by atoms with Crippen LogP contribution in [0.4, 0.5) is 5.69 Å². The summed E-state index contributed by atoms with van der Waals surface area (Å²) in [4.78, 5) is 30.5. The Kier molecular flexibility index (Phi) is 3.60. The van der Waals surface area contributed by atoms with E-state index in [0.717, 1.165) is 16.5 Å². The molecule has 9 heteroatoms. The van der Waals surface area contributed by atoms with Gasteiger partial charge in [-0.05, 0) is 24.1 Å². The van der Waals surface area contributed by atoms with Gasteiger partial charge in [-0.3, -0.25) is 4.79 Å². The van der Waals surface area contributed by atoms with E-state index in [1.165, 1.54) is 0 Å². The van der Waals surface area contributed by atoms with Crippen LogP contribution in [0.2, 0.25) is 5.02 Å². The van der Waals surface area contributed by atoms with Gasteiger partial charge in [-0.25, -0.2) is 9.78 Å². The van der Waals surface area contributed by atoms with Crippen molar-refractivity contribution in [1.29, 1.82) is 0 Å². The number of aliphatic hydroxyl groups is 1. The third-order valence-electron chi connectivity index (χ3n) is 6.63. The average Bonchev–Trinajstić information content (AvgIpc) is 3.14. The Bertz CT molecular complexity index is 1410. The largest absolute Gasteiger partial charge is 0.490 e. The standard InChI is InChI=1S/C22H18ClN3O5/c1-2-22(29)12-5-15-18-10(7-26(15)20(27)11(12)8-31-21(22)28)9-3-4-30-19-16(9)14(25-18)6-13(23)17(19)24/h5-6,29H,2-4,7-8,24H2,1H3/t22-/m0/s1. The molecule has 0 amide bonds. The van der Waals surface area contributed by atoms with E-state index in [2.05, 4.69) is 0 Å². The fourth-order valence-corrected chi connectivity index (χ4v) is 5.15. The van der Waals surface area contributed by atoms with Gasteiger partial charge in [0.1, 0.15) is 6.61 Å². The minimum absolute atomic E-state index is 0.0978. The number of ether oxygens (including phenoxy) is 2. The molecule has 0 unspecified atom stereocenters. The highest BCUT2D eigenvalue weighted by Crippen LogP contribution is 2.46. The first kappa shape index (κ1) is 18.7. The number of hydrogen-bond acceptors (Lipinski definition) is 7. The van der Waals surface area contributed by atoms with Crippen LogP contribution < -0.4 is 16.0 Å². The number of carbonyl (C=O) groups is 1. The van der Waals surface area contributed by atoms with Crippen molar-refractivity contribution in [2.75, 3.05) is 12.3 Å². The molecule has 0 spiro atoms. The molecular formula is C22H18ClN3O5. The lowest BCUT2D eigenvalue weighted by molar-refractivity contribution is -0.172. The van der Waals surface area contributed by atoms with Crippen molar-refractivity contribution in [3.05, 3.63) is 49.8 Å². The quantitative estimate of drug-likeness (QED) is 0.345. The van der Waals surface area contributed by atoms with Crippen LogP contribution in [0.25, 0.3) is 22.3 Å². The molecule has 0 saturated carbocycles. The maximum atomic E-state index is 13.3. The highest BCUT2D eigenvalue weighted by Gasteiger charge is 2.45. The van der Waals surface area contributed by atoms with Crippen LogP contribution in [0.15, 0.2) is 16.9 Å². The fourth-order valence-electron chi connectivity index (χ4n) is 4.97. The Hall–Kier alpha value is -3.10. The molecule has 8 nitrogen and oxygen atoms in total. The van der Waals surface area contributed by atoms with Crippen molar-refractivity contribution in [2.24, 2.45) is 0 Å². The minimum atomic E-state index is -1.85. The van der Waals surface area contributed by atoms with E-state index in [1.807, 2.05) is 0 Å². The Balaban J connectivity index is 1.68. The van der Waals surface area contributed by atoms with Gasteiger partial charge in [-0.15, -0.1) is 0 Å². The number of aromatic nitrogens is 2. The molecule has 6 rings (SSSR count). The van der Waals surface area contributed by atoms with Gasteiger partial charge in [-0.2, -0.15) is 0 Å². The van der Waals surface area contributed by atoms with Crippen LogP contribution in [0.1, 0.15) is 35.6 Å². The van der Waals surface area contributed by atoms with Crippen LogP contribution in [-0.4, -0.2) is 27.2 Å². The normalized spacial score (nSPS) is 20.7. The molecule has 5 heterocycles. The van der Waals surface area contributed by atoms with E-state index < -0.39 is 11.6 Å². The molecule has 0 radical (unpaired) electrons. The zero-order chi connectivity index (χ0) is 21.7. The molecular weight excluding hydrogens is 422 g/mol. The van der Waals surface area contributed by atoms with Gasteiger partial charge < -0.3 is 24.9 Å². The summed E-state index contributed by atoms with van der Waals surface area (Å²) in [6, 6.07) is 3.41. The molecule has 3 aliphatic heterocycles. The molecule has 3 aliphatic rings. The van der Waals surface area contributed by atoms with E-state index in [4.69, 9.17) is 31.8 Å². The number of fused-ring (bicyclic) bond motifs is 5. The average molecular weight is 440 g/mol. The molecule has 158 valence electrons. The summed E-state index contributed by atoms with van der Waals surface area (Å²) >= 11 is 6.31. The van der Waals surface area contributed by atoms with Crippen molar-refractivity contribution < 1.29 is 19.4 Å². The number of rotatable bonds is 1. The molecule has 1 atom stereocenters. The van der Waals surface area contributed by atoms with Gasteiger partial charge in [0.05, 0.1) is 46.3 Å². The monoisotopic (exact) mass is 439 g/mol. The van der Waals surface area contributed by atoms with Crippen molar-refractivity contribution in [1.82, 2.24) is 9.55 Å². The molecule has 3 aromatic rings. The lowest BCUT2D eigenvalue weighted by atomic mass is 9.86. The van der Waals surface area contributed by atoms with Crippen molar-refractivity contribution in [3.8, 4) is 17.1 Å². The lowest BCUT2D eigenvalue weighted by Gasteiger charge is -2.31. The maximum absolute atomic E-state index is 13.3. The first-order valence-corrected chi connectivity index (χ1v) is 10.5. The zero-order valence-corrected chi connectivity index (χ0v) is 17.4. The zero-order valence-electron chi connectivity index (χ0n) is 16.6. The summed E-state index contributed by atoms with van der Waals surface area (Å²) in [5.74, 6) is -0.211. The number of pyridine rings is 2. The molecule has 2 aromatic heterocycles. The number of hydrogen-bond donors (Lipinski definition) is 2. The van der Waals surface area contributed by atoms with Gasteiger partial charge in [0.2, 0.25) is 0 Å². The summed E-state index contributed by atoms with van der Waals surface area (Å²) in [7, 11) is 0. The molecule has 0 fully saturated rings. The number of nitrogens with two attached hydrogens (primary N) is 1. The second-order valence-electron chi connectivity index (χ2n) is 8.11. The van der Waals surface area contributed by atoms with Crippen LogP contribution >= 0.6 is 11.6 Å². The van der Waals surface area contributed by atoms with Crippen LogP contribution in [0, 0.1) is 0 Å². The van der Waals surface area contributed by atoms with Gasteiger partial charge in [0.25, 0.3) is 5.56 Å². The second kappa shape index (κ2) is 5.99. The maximum Gasteiger partial charge on any atom is 0.343 e. The van der Waals surface area contributed by atoms with E-state index in [9.17, 15) is 14.7 Å². The van der Waals surface area contributed by atoms with Crippen molar-refractivity contribution in [3.63, 3.8) is 0 Å². The van der Waals surface area contributed by atoms with E-state index in [1.54, 1.807) is 23.6 Å². The molecule has 0 aliphatic carbocycles. The molecule has 31 heavy (non-hydrogen) atoms. The van der Waals surface area contributed by atoms with Crippen molar-refractivity contribution in [2.45, 2.75) is 38.5 Å². The third kappa shape index (κ3) is 2.21. The number of halogens is 1. The molecule has 1 aromatic carbocycles. The highest BCUT2D eigenvalue weighted by atomic mass is 35.5. The molecule has 3 N–H and O–H groups in total. The Labute approximate surface area is 181 Å². The van der Waals surface area contributed by atoms with Crippen molar-refractivity contribution >= 4 is 34.2 Å². The number of esters is 1. The van der Waals surface area contributed by atoms with Crippen LogP contribution in [0.3, 0.4) is 0 Å². The molecule has 0 saturated heterocycles. The third-order valence-corrected chi connectivity index (χ3v) is 6.95. The van der Waals surface area contributed by atoms with E-state index >= 15 is 0 Å². The number of carbonyl (C=O) groups excluding carboxylic acids is 1. The Morgan fingerprint density at radius 1 is 1.26 bits per heavy atom. The van der Waals surface area contributed by atoms with Crippen LogP contribution in [-0.2, 0) is 34.7 Å². The number of benzene rings is 1. The lowest BCUT2D eigenvalue weighted by Crippen LogP contribution is -2.44. The summed E-state index contributed by atoms with van der Waals surface area (Å²) < 4.78 is 12.5. The van der Waals surface area contributed by atoms with E-state index in [-0.39, 0.29) is 18.6 Å². The summed E-state index contributed by atoms with van der Waals surface area (Å²) in [5, 5.41) is 12.2. The Morgan fingerprint density at radius 3 is 2.84 bits per heavy atom. The minimum Gasteiger partial charge on any atom is -0.490 e. The van der Waals surface area contributed by atoms with Gasteiger partial charge >= 0.3 is 5.97 Å². The predicted molar refractivity (Wildman–Crippen MR) is 113 cm³/mol.